The number of benzene rings is 1. The van der Waals surface area contributed by atoms with Gasteiger partial charge in [-0.3, -0.25) is 15.1 Å². The molecule has 0 radical (unpaired) electrons. The van der Waals surface area contributed by atoms with E-state index in [4.69, 9.17) is 10.7 Å². The van der Waals surface area contributed by atoms with E-state index in [1.807, 2.05) is 18.2 Å². The highest BCUT2D eigenvalue weighted by atomic mass is 32.1. The van der Waals surface area contributed by atoms with Crippen molar-refractivity contribution in [2.45, 2.75) is 24.8 Å². The third-order valence-electron chi connectivity index (χ3n) is 5.12. The number of rotatable bonds is 3. The van der Waals surface area contributed by atoms with E-state index in [0.29, 0.717) is 17.9 Å². The summed E-state index contributed by atoms with van der Waals surface area (Å²) >= 11 is 1.62. The summed E-state index contributed by atoms with van der Waals surface area (Å²) in [7, 11) is 1.64. The topological polar surface area (TPSA) is 80.0 Å². The molecular formula is C19H18N4OS. The van der Waals surface area contributed by atoms with Crippen LogP contribution in [-0.2, 0) is 10.3 Å². The van der Waals surface area contributed by atoms with Gasteiger partial charge >= 0.3 is 0 Å². The molecule has 0 unspecified atom stereocenters. The van der Waals surface area contributed by atoms with Gasteiger partial charge in [0.05, 0.1) is 23.6 Å². The fourth-order valence-electron chi connectivity index (χ4n) is 3.48. The molecule has 2 fully saturated rings. The molecule has 1 aromatic carbocycles. The fraction of sp³-hybridized carbons (Fsp3) is 0.316. The first-order valence-corrected chi connectivity index (χ1v) is 9.14. The number of guanidine groups is 1. The zero-order valence-corrected chi connectivity index (χ0v) is 14.7. The summed E-state index contributed by atoms with van der Waals surface area (Å²) in [5, 5.41) is 22.6. The second kappa shape index (κ2) is 5.71. The van der Waals surface area contributed by atoms with Crippen LogP contribution in [0.1, 0.15) is 29.7 Å². The number of nitrogens with one attached hydrogen (secondary N) is 2. The van der Waals surface area contributed by atoms with Gasteiger partial charge in [0.2, 0.25) is 5.91 Å². The molecule has 1 aliphatic heterocycles. The van der Waals surface area contributed by atoms with Crippen LogP contribution in [0.25, 0.3) is 11.1 Å². The molecule has 1 amide bonds. The molecule has 1 saturated heterocycles. The van der Waals surface area contributed by atoms with Crippen molar-refractivity contribution < 1.29 is 4.79 Å². The summed E-state index contributed by atoms with van der Waals surface area (Å²) in [4.78, 5) is 14.9. The predicted octanol–water partition coefficient (Wildman–Crippen LogP) is 3.28. The predicted molar refractivity (Wildman–Crippen MR) is 97.1 cm³/mol. The molecule has 2 aromatic rings. The molecule has 1 saturated carbocycles. The van der Waals surface area contributed by atoms with Crippen LogP contribution in [0.15, 0.2) is 35.7 Å². The number of hydrogen-bond acceptors (Lipinski definition) is 4. The molecule has 2 N–H and O–H groups in total. The van der Waals surface area contributed by atoms with Crippen molar-refractivity contribution in [3.8, 4) is 17.2 Å². The maximum Gasteiger partial charge on any atom is 0.231 e. The first-order valence-electron chi connectivity index (χ1n) is 8.26. The molecule has 25 heavy (non-hydrogen) atoms. The second-order valence-electron chi connectivity index (χ2n) is 6.74. The van der Waals surface area contributed by atoms with Gasteiger partial charge in [0, 0.05) is 11.9 Å². The van der Waals surface area contributed by atoms with Gasteiger partial charge in [-0.2, -0.15) is 5.26 Å². The molecule has 1 aromatic heterocycles. The Hall–Kier alpha value is -2.65. The first-order chi connectivity index (χ1) is 12.0. The summed E-state index contributed by atoms with van der Waals surface area (Å²) in [5.74, 6) is 0.545. The highest BCUT2D eigenvalue weighted by molar-refractivity contribution is 7.10. The Bertz CT molecular complexity index is 888. The van der Waals surface area contributed by atoms with Crippen molar-refractivity contribution in [2.24, 2.45) is 5.92 Å². The van der Waals surface area contributed by atoms with Gasteiger partial charge < -0.3 is 5.32 Å². The summed E-state index contributed by atoms with van der Waals surface area (Å²) in [6, 6.07) is 11.8. The number of amides is 1. The van der Waals surface area contributed by atoms with Crippen LogP contribution in [0.5, 0.6) is 0 Å². The Morgan fingerprint density at radius 2 is 2.16 bits per heavy atom. The van der Waals surface area contributed by atoms with Gasteiger partial charge in [-0.15, -0.1) is 11.3 Å². The molecule has 2 aliphatic rings. The zero-order valence-electron chi connectivity index (χ0n) is 13.9. The molecule has 2 heterocycles. The third-order valence-corrected chi connectivity index (χ3v) is 6.23. The summed E-state index contributed by atoms with van der Waals surface area (Å²) in [6.45, 7) is 0. The zero-order chi connectivity index (χ0) is 17.6. The molecule has 0 spiro atoms. The van der Waals surface area contributed by atoms with Crippen LogP contribution in [0.4, 0.5) is 0 Å². The lowest BCUT2D eigenvalue weighted by Gasteiger charge is -2.41. The van der Waals surface area contributed by atoms with Crippen molar-refractivity contribution in [1.29, 1.82) is 10.7 Å². The standard InChI is InChI=1S/C19H18N4OS/c1-23-17(24)9-19(15-5-6-15,22-18(23)21)16-8-14(11-25-16)13-4-2-3-12(7-13)10-20/h2-4,7-8,11,15H,5-6,9H2,1H3,(H2,21,22)/t19-/m1/s1. The van der Waals surface area contributed by atoms with Gasteiger partial charge in [-0.1, -0.05) is 12.1 Å². The number of hydrogen-bond donors (Lipinski definition) is 2. The largest absolute Gasteiger partial charge is 0.345 e. The van der Waals surface area contributed by atoms with Crippen LogP contribution in [0.2, 0.25) is 0 Å². The Kier molecular flexibility index (Phi) is 3.62. The van der Waals surface area contributed by atoms with E-state index in [0.717, 1.165) is 28.8 Å². The van der Waals surface area contributed by atoms with Crippen LogP contribution in [0.3, 0.4) is 0 Å². The second-order valence-corrected chi connectivity index (χ2v) is 7.65. The minimum absolute atomic E-state index is 0.0166. The smallest absolute Gasteiger partial charge is 0.231 e. The number of nitrogens with zero attached hydrogens (tertiary/aromatic N) is 2. The van der Waals surface area contributed by atoms with Gasteiger partial charge in [0.1, 0.15) is 0 Å². The molecule has 6 heteroatoms. The van der Waals surface area contributed by atoms with Crippen LogP contribution in [0, 0.1) is 22.7 Å². The van der Waals surface area contributed by atoms with Gasteiger partial charge in [0.25, 0.3) is 0 Å². The lowest BCUT2D eigenvalue weighted by Crippen LogP contribution is -2.60. The molecule has 1 aliphatic carbocycles. The average molecular weight is 350 g/mol. The minimum atomic E-state index is -0.462. The van der Waals surface area contributed by atoms with Gasteiger partial charge in [0.15, 0.2) is 5.96 Å². The Morgan fingerprint density at radius 1 is 1.36 bits per heavy atom. The van der Waals surface area contributed by atoms with Crippen LogP contribution < -0.4 is 5.32 Å². The molecule has 126 valence electrons. The van der Waals surface area contributed by atoms with Gasteiger partial charge in [-0.05, 0) is 53.5 Å². The van der Waals surface area contributed by atoms with Crippen LogP contribution in [-0.4, -0.2) is 23.8 Å². The monoisotopic (exact) mass is 350 g/mol. The SMILES string of the molecule is CN1C(=N)N[C@@](c2cc(-c3cccc(C#N)c3)cs2)(C2CC2)CC1=O. The fourth-order valence-corrected chi connectivity index (χ4v) is 4.64. The first kappa shape index (κ1) is 15.9. The van der Waals surface area contributed by atoms with Crippen LogP contribution >= 0.6 is 11.3 Å². The van der Waals surface area contributed by atoms with E-state index in [2.05, 4.69) is 22.8 Å². The third kappa shape index (κ3) is 2.61. The molecule has 5 nitrogen and oxygen atoms in total. The number of carbonyl (C=O) groups is 1. The van der Waals surface area contributed by atoms with Crippen molar-refractivity contribution >= 4 is 23.2 Å². The number of nitriles is 1. The Morgan fingerprint density at radius 3 is 2.84 bits per heavy atom. The van der Waals surface area contributed by atoms with Crippen molar-refractivity contribution in [2.75, 3.05) is 7.05 Å². The van der Waals surface area contributed by atoms with E-state index in [-0.39, 0.29) is 11.9 Å². The quantitative estimate of drug-likeness (QED) is 0.891. The number of carbonyl (C=O) groups excluding carboxylic acids is 1. The minimum Gasteiger partial charge on any atom is -0.345 e. The van der Waals surface area contributed by atoms with E-state index in [9.17, 15) is 4.79 Å². The number of thiophene rings is 1. The Balaban J connectivity index is 1.73. The van der Waals surface area contributed by atoms with E-state index in [1.54, 1.807) is 24.5 Å². The summed E-state index contributed by atoms with van der Waals surface area (Å²) in [6.07, 6.45) is 2.54. The van der Waals surface area contributed by atoms with Crippen molar-refractivity contribution in [3.63, 3.8) is 0 Å². The molecular weight excluding hydrogens is 332 g/mol. The maximum atomic E-state index is 12.4. The van der Waals surface area contributed by atoms with Crippen molar-refractivity contribution in [3.05, 3.63) is 46.2 Å². The van der Waals surface area contributed by atoms with Crippen molar-refractivity contribution in [1.82, 2.24) is 10.2 Å². The average Bonchev–Trinajstić information content (AvgIpc) is 3.36. The normalized spacial score (nSPS) is 23.3. The lowest BCUT2D eigenvalue weighted by molar-refractivity contribution is -0.130. The highest BCUT2D eigenvalue weighted by Gasteiger charge is 2.52. The lowest BCUT2D eigenvalue weighted by atomic mass is 9.85. The molecule has 1 atom stereocenters. The summed E-state index contributed by atoms with van der Waals surface area (Å²) < 4.78 is 0. The maximum absolute atomic E-state index is 12.4. The van der Waals surface area contributed by atoms with E-state index in [1.165, 1.54) is 4.90 Å². The van der Waals surface area contributed by atoms with Gasteiger partial charge in [-0.25, -0.2) is 0 Å². The van der Waals surface area contributed by atoms with E-state index < -0.39 is 5.54 Å². The summed E-state index contributed by atoms with van der Waals surface area (Å²) in [5.41, 5.74) is 2.23. The Labute approximate surface area is 150 Å². The molecule has 4 rings (SSSR count). The van der Waals surface area contributed by atoms with E-state index >= 15 is 0 Å². The molecule has 0 bridgehead atoms. The highest BCUT2D eigenvalue weighted by Crippen LogP contribution is 2.51.